The van der Waals surface area contributed by atoms with Crippen LogP contribution in [0.15, 0.2) is 47.6 Å². The Hall–Kier alpha value is -2.61. The Kier molecular flexibility index (Phi) is 4.97. The Balaban J connectivity index is 1.63. The fraction of sp³-hybridized carbons (Fsp3) is 0.250. The zero-order valence-corrected chi connectivity index (χ0v) is 15.7. The number of halogens is 3. The van der Waals surface area contributed by atoms with Gasteiger partial charge in [-0.2, -0.15) is 0 Å². The van der Waals surface area contributed by atoms with Gasteiger partial charge in [-0.15, -0.1) is 10.2 Å². The van der Waals surface area contributed by atoms with Crippen molar-refractivity contribution in [3.05, 3.63) is 65.5 Å². The van der Waals surface area contributed by atoms with E-state index in [1.807, 2.05) is 4.57 Å². The van der Waals surface area contributed by atoms with Crippen LogP contribution in [-0.4, -0.2) is 25.8 Å². The fourth-order valence-electron chi connectivity index (χ4n) is 2.97. The van der Waals surface area contributed by atoms with E-state index in [1.54, 1.807) is 25.1 Å². The SMILES string of the molecule is CC(Sc1nnc(-c2ccccc2F)n1C1CC1)C(=O)c1ccc(F)cc1F. The molecule has 2 aromatic carbocycles. The molecule has 144 valence electrons. The highest BCUT2D eigenvalue weighted by Gasteiger charge is 2.32. The first-order chi connectivity index (χ1) is 13.5. The maximum Gasteiger partial charge on any atom is 0.192 e. The first-order valence-corrected chi connectivity index (χ1v) is 9.69. The minimum absolute atomic E-state index is 0.150. The summed E-state index contributed by atoms with van der Waals surface area (Å²) in [5.41, 5.74) is 0.172. The summed E-state index contributed by atoms with van der Waals surface area (Å²) in [5, 5.41) is 8.10. The first-order valence-electron chi connectivity index (χ1n) is 8.81. The molecule has 0 spiro atoms. The minimum Gasteiger partial charge on any atom is -0.299 e. The summed E-state index contributed by atoms with van der Waals surface area (Å²) in [6.07, 6.45) is 1.84. The van der Waals surface area contributed by atoms with E-state index < -0.39 is 28.5 Å². The molecule has 1 heterocycles. The Morgan fingerprint density at radius 3 is 2.54 bits per heavy atom. The molecule has 0 radical (unpaired) electrons. The van der Waals surface area contributed by atoms with Crippen LogP contribution in [0.2, 0.25) is 0 Å². The maximum absolute atomic E-state index is 14.2. The van der Waals surface area contributed by atoms with Crippen LogP contribution >= 0.6 is 11.8 Å². The second-order valence-corrected chi connectivity index (χ2v) is 7.94. The monoisotopic (exact) mass is 403 g/mol. The lowest BCUT2D eigenvalue weighted by Gasteiger charge is -2.13. The summed E-state index contributed by atoms with van der Waals surface area (Å²) in [6, 6.07) is 9.35. The molecule has 1 aliphatic rings. The highest BCUT2D eigenvalue weighted by molar-refractivity contribution is 8.00. The average molecular weight is 403 g/mol. The third kappa shape index (κ3) is 3.56. The van der Waals surface area contributed by atoms with Crippen LogP contribution in [0.1, 0.15) is 36.2 Å². The van der Waals surface area contributed by atoms with Crippen LogP contribution in [0.5, 0.6) is 0 Å². The number of thioether (sulfide) groups is 1. The molecular formula is C20H16F3N3OS. The molecule has 4 rings (SSSR count). The summed E-state index contributed by atoms with van der Waals surface area (Å²) < 4.78 is 43.1. The lowest BCUT2D eigenvalue weighted by molar-refractivity contribution is 0.0990. The molecule has 0 bridgehead atoms. The van der Waals surface area contributed by atoms with Crippen LogP contribution in [0, 0.1) is 17.5 Å². The van der Waals surface area contributed by atoms with E-state index in [9.17, 15) is 18.0 Å². The molecule has 1 unspecified atom stereocenters. The Bertz CT molecular complexity index is 1050. The summed E-state index contributed by atoms with van der Waals surface area (Å²) in [6.45, 7) is 1.63. The largest absolute Gasteiger partial charge is 0.299 e. The van der Waals surface area contributed by atoms with Crippen molar-refractivity contribution in [2.45, 2.75) is 36.2 Å². The van der Waals surface area contributed by atoms with Gasteiger partial charge in [0.1, 0.15) is 17.5 Å². The van der Waals surface area contributed by atoms with E-state index in [2.05, 4.69) is 10.2 Å². The normalized spacial score (nSPS) is 14.9. The van der Waals surface area contributed by atoms with Gasteiger partial charge in [0.15, 0.2) is 16.8 Å². The number of benzene rings is 2. The van der Waals surface area contributed by atoms with Crippen LogP contribution < -0.4 is 0 Å². The molecule has 1 saturated carbocycles. The Morgan fingerprint density at radius 2 is 1.86 bits per heavy atom. The molecule has 0 N–H and O–H groups in total. The minimum atomic E-state index is -0.895. The van der Waals surface area contributed by atoms with Crippen molar-refractivity contribution >= 4 is 17.5 Å². The number of carbonyl (C=O) groups excluding carboxylic acids is 1. The second kappa shape index (κ2) is 7.43. The first kappa shape index (κ1) is 18.7. The van der Waals surface area contributed by atoms with Crippen molar-refractivity contribution in [3.63, 3.8) is 0 Å². The van der Waals surface area contributed by atoms with Gasteiger partial charge in [-0.25, -0.2) is 13.2 Å². The number of rotatable bonds is 6. The molecule has 4 nitrogen and oxygen atoms in total. The van der Waals surface area contributed by atoms with Gasteiger partial charge in [0.25, 0.3) is 0 Å². The van der Waals surface area contributed by atoms with E-state index in [4.69, 9.17) is 0 Å². The van der Waals surface area contributed by atoms with Gasteiger partial charge in [0.05, 0.1) is 16.4 Å². The third-order valence-electron chi connectivity index (χ3n) is 4.54. The van der Waals surface area contributed by atoms with Crippen molar-refractivity contribution in [1.29, 1.82) is 0 Å². The summed E-state index contributed by atoms with van der Waals surface area (Å²) in [5.74, 6) is -2.09. The zero-order chi connectivity index (χ0) is 19.8. The van der Waals surface area contributed by atoms with Crippen LogP contribution in [-0.2, 0) is 0 Å². The lowest BCUT2D eigenvalue weighted by Crippen LogP contribution is -2.16. The van der Waals surface area contributed by atoms with Gasteiger partial charge >= 0.3 is 0 Å². The van der Waals surface area contributed by atoms with Crippen molar-refractivity contribution in [2.24, 2.45) is 0 Å². The summed E-state index contributed by atoms with van der Waals surface area (Å²) in [7, 11) is 0. The van der Waals surface area contributed by atoms with E-state index in [0.29, 0.717) is 22.6 Å². The Labute approximate surface area is 163 Å². The zero-order valence-electron chi connectivity index (χ0n) is 14.9. The molecular weight excluding hydrogens is 387 g/mol. The van der Waals surface area contributed by atoms with Gasteiger partial charge in [0.2, 0.25) is 0 Å². The highest BCUT2D eigenvalue weighted by Crippen LogP contribution is 2.42. The summed E-state index contributed by atoms with van der Waals surface area (Å²) >= 11 is 1.13. The molecule has 28 heavy (non-hydrogen) atoms. The van der Waals surface area contributed by atoms with Crippen LogP contribution in [0.25, 0.3) is 11.4 Å². The number of Topliss-reactive ketones (excluding diaryl/α,β-unsaturated/α-hetero) is 1. The van der Waals surface area contributed by atoms with E-state index in [1.165, 1.54) is 6.07 Å². The van der Waals surface area contributed by atoms with Crippen LogP contribution in [0.3, 0.4) is 0 Å². The van der Waals surface area contributed by atoms with Gasteiger partial charge in [-0.05, 0) is 44.0 Å². The van der Waals surface area contributed by atoms with Crippen molar-refractivity contribution in [3.8, 4) is 11.4 Å². The van der Waals surface area contributed by atoms with Gasteiger partial charge in [-0.3, -0.25) is 9.36 Å². The van der Waals surface area contributed by atoms with Crippen molar-refractivity contribution in [1.82, 2.24) is 14.8 Å². The van der Waals surface area contributed by atoms with E-state index >= 15 is 0 Å². The second-order valence-electron chi connectivity index (χ2n) is 6.64. The fourth-order valence-corrected chi connectivity index (χ4v) is 3.95. The van der Waals surface area contributed by atoms with Gasteiger partial charge in [0, 0.05) is 12.1 Å². The Morgan fingerprint density at radius 1 is 1.11 bits per heavy atom. The summed E-state index contributed by atoms with van der Waals surface area (Å²) in [4.78, 5) is 12.6. The van der Waals surface area contributed by atoms with Crippen molar-refractivity contribution in [2.75, 3.05) is 0 Å². The van der Waals surface area contributed by atoms with Crippen LogP contribution in [0.4, 0.5) is 13.2 Å². The molecule has 1 atom stereocenters. The number of carbonyl (C=O) groups is 1. The smallest absolute Gasteiger partial charge is 0.192 e. The number of nitrogens with zero attached hydrogens (tertiary/aromatic N) is 3. The number of ketones is 1. The molecule has 0 saturated heterocycles. The van der Waals surface area contributed by atoms with E-state index in [-0.39, 0.29) is 11.6 Å². The lowest BCUT2D eigenvalue weighted by atomic mass is 10.1. The quantitative estimate of drug-likeness (QED) is 0.426. The predicted molar refractivity (Wildman–Crippen MR) is 99.7 cm³/mol. The molecule has 1 aliphatic carbocycles. The number of hydrogen-bond donors (Lipinski definition) is 0. The van der Waals surface area contributed by atoms with Gasteiger partial charge in [-0.1, -0.05) is 23.9 Å². The molecule has 1 aromatic heterocycles. The van der Waals surface area contributed by atoms with Gasteiger partial charge < -0.3 is 0 Å². The average Bonchev–Trinajstić information content (AvgIpc) is 3.42. The van der Waals surface area contributed by atoms with E-state index in [0.717, 1.165) is 36.7 Å². The molecule has 0 aliphatic heterocycles. The number of aromatic nitrogens is 3. The maximum atomic E-state index is 14.2. The molecule has 1 fully saturated rings. The highest BCUT2D eigenvalue weighted by atomic mass is 32.2. The standard InChI is InChI=1S/C20H16F3N3OS/c1-11(18(27)14-9-6-12(21)10-17(14)23)28-20-25-24-19(26(20)13-7-8-13)15-4-2-3-5-16(15)22/h2-6,9-11,13H,7-8H2,1H3. The predicted octanol–water partition coefficient (Wildman–Crippen LogP) is 5.06. The molecule has 3 aromatic rings. The molecule has 0 amide bonds. The topological polar surface area (TPSA) is 47.8 Å². The van der Waals surface area contributed by atoms with Crippen molar-refractivity contribution < 1.29 is 18.0 Å². The third-order valence-corrected chi connectivity index (χ3v) is 5.60. The number of hydrogen-bond acceptors (Lipinski definition) is 4. The molecule has 8 heteroatoms.